The lowest BCUT2D eigenvalue weighted by atomic mass is 10.2. The van der Waals surface area contributed by atoms with Gasteiger partial charge in [0.1, 0.15) is 5.76 Å². The molecule has 130 valence electrons. The van der Waals surface area contributed by atoms with Gasteiger partial charge in [-0.2, -0.15) is 4.98 Å². The molecule has 1 N–H and O–H groups in total. The van der Waals surface area contributed by atoms with E-state index in [9.17, 15) is 4.79 Å². The summed E-state index contributed by atoms with van der Waals surface area (Å²) in [6, 6.07) is 10.8. The van der Waals surface area contributed by atoms with Crippen LogP contribution in [-0.4, -0.2) is 21.3 Å². The SMILES string of the molecule is CC(SCc1nc(-c2ccc(Cl)cc2)no1)C(=O)NCc1ccco1. The highest BCUT2D eigenvalue weighted by molar-refractivity contribution is 7.99. The first kappa shape index (κ1) is 17.6. The molecule has 3 rings (SSSR count). The Morgan fingerprint density at radius 3 is 2.84 bits per heavy atom. The van der Waals surface area contributed by atoms with Gasteiger partial charge in [0.2, 0.25) is 17.6 Å². The van der Waals surface area contributed by atoms with Crippen molar-refractivity contribution in [1.82, 2.24) is 15.5 Å². The number of benzene rings is 1. The van der Waals surface area contributed by atoms with Gasteiger partial charge in [-0.05, 0) is 43.3 Å². The summed E-state index contributed by atoms with van der Waals surface area (Å²) in [5, 5.41) is 7.18. The van der Waals surface area contributed by atoms with Crippen molar-refractivity contribution in [2.75, 3.05) is 0 Å². The topological polar surface area (TPSA) is 81.2 Å². The molecule has 2 heterocycles. The van der Waals surface area contributed by atoms with Crippen molar-refractivity contribution in [3.63, 3.8) is 0 Å². The van der Waals surface area contributed by atoms with Gasteiger partial charge in [-0.1, -0.05) is 16.8 Å². The number of halogens is 1. The number of hydrogen-bond donors (Lipinski definition) is 1. The first-order chi connectivity index (χ1) is 12.1. The summed E-state index contributed by atoms with van der Waals surface area (Å²) in [6.07, 6.45) is 1.58. The zero-order chi connectivity index (χ0) is 17.6. The molecule has 25 heavy (non-hydrogen) atoms. The van der Waals surface area contributed by atoms with Crippen LogP contribution < -0.4 is 5.32 Å². The Balaban J connectivity index is 1.49. The monoisotopic (exact) mass is 377 g/mol. The predicted octanol–water partition coefficient (Wildman–Crippen LogP) is 3.92. The third-order valence-corrected chi connectivity index (χ3v) is 4.79. The molecule has 0 radical (unpaired) electrons. The van der Waals surface area contributed by atoms with Gasteiger partial charge >= 0.3 is 0 Å². The molecule has 0 aliphatic heterocycles. The van der Waals surface area contributed by atoms with Gasteiger partial charge in [-0.3, -0.25) is 4.79 Å². The molecule has 0 aliphatic rings. The Morgan fingerprint density at radius 1 is 1.32 bits per heavy atom. The number of amides is 1. The quantitative estimate of drug-likeness (QED) is 0.672. The van der Waals surface area contributed by atoms with Crippen LogP contribution in [0, 0.1) is 0 Å². The number of hydrogen-bond acceptors (Lipinski definition) is 6. The molecule has 0 fully saturated rings. The fraction of sp³-hybridized carbons (Fsp3) is 0.235. The van der Waals surface area contributed by atoms with E-state index in [2.05, 4.69) is 15.5 Å². The average Bonchev–Trinajstić information content (AvgIpc) is 3.30. The van der Waals surface area contributed by atoms with E-state index in [0.29, 0.717) is 29.0 Å². The molecule has 0 spiro atoms. The minimum atomic E-state index is -0.249. The van der Waals surface area contributed by atoms with Gasteiger partial charge in [0.25, 0.3) is 0 Å². The van der Waals surface area contributed by atoms with Gasteiger partial charge < -0.3 is 14.3 Å². The summed E-state index contributed by atoms with van der Waals surface area (Å²) in [4.78, 5) is 16.4. The molecule has 3 aromatic rings. The number of thioether (sulfide) groups is 1. The summed E-state index contributed by atoms with van der Waals surface area (Å²) in [5.41, 5.74) is 0.827. The number of carbonyl (C=O) groups is 1. The molecule has 1 aromatic carbocycles. The van der Waals surface area contributed by atoms with Crippen LogP contribution in [0.5, 0.6) is 0 Å². The molecule has 1 atom stereocenters. The smallest absolute Gasteiger partial charge is 0.236 e. The van der Waals surface area contributed by atoms with E-state index in [1.165, 1.54) is 11.8 Å². The van der Waals surface area contributed by atoms with E-state index >= 15 is 0 Å². The van der Waals surface area contributed by atoms with Gasteiger partial charge in [0, 0.05) is 10.6 Å². The van der Waals surface area contributed by atoms with Crippen molar-refractivity contribution in [2.45, 2.75) is 24.5 Å². The molecule has 8 heteroatoms. The Kier molecular flexibility index (Phi) is 5.78. The normalized spacial score (nSPS) is 12.1. The third kappa shape index (κ3) is 4.87. The van der Waals surface area contributed by atoms with Crippen molar-refractivity contribution < 1.29 is 13.7 Å². The first-order valence-electron chi connectivity index (χ1n) is 7.62. The number of nitrogens with zero attached hydrogens (tertiary/aromatic N) is 2. The number of carbonyl (C=O) groups excluding carboxylic acids is 1. The van der Waals surface area contributed by atoms with Crippen LogP contribution in [0.3, 0.4) is 0 Å². The van der Waals surface area contributed by atoms with E-state index in [0.717, 1.165) is 11.3 Å². The van der Waals surface area contributed by atoms with Crippen LogP contribution in [-0.2, 0) is 17.1 Å². The standard InChI is InChI=1S/C17H16ClN3O3S/c1-11(17(22)19-9-14-3-2-8-23-14)25-10-15-20-16(21-24-15)12-4-6-13(18)7-5-12/h2-8,11H,9-10H2,1H3,(H,19,22). The summed E-state index contributed by atoms with van der Waals surface area (Å²) in [6.45, 7) is 2.20. The van der Waals surface area contributed by atoms with Crippen molar-refractivity contribution in [3.05, 3.63) is 59.3 Å². The van der Waals surface area contributed by atoms with Gasteiger partial charge in [-0.25, -0.2) is 0 Å². The zero-order valence-electron chi connectivity index (χ0n) is 13.4. The van der Waals surface area contributed by atoms with Crippen LogP contribution in [0.15, 0.2) is 51.6 Å². The largest absolute Gasteiger partial charge is 0.467 e. The van der Waals surface area contributed by atoms with Gasteiger partial charge in [0.05, 0.1) is 23.8 Å². The predicted molar refractivity (Wildman–Crippen MR) is 96.1 cm³/mol. The maximum absolute atomic E-state index is 12.1. The van der Waals surface area contributed by atoms with E-state index in [4.69, 9.17) is 20.5 Å². The lowest BCUT2D eigenvalue weighted by Gasteiger charge is -2.09. The zero-order valence-corrected chi connectivity index (χ0v) is 15.0. The van der Waals surface area contributed by atoms with E-state index in [-0.39, 0.29) is 11.2 Å². The minimum Gasteiger partial charge on any atom is -0.467 e. The Morgan fingerprint density at radius 2 is 2.12 bits per heavy atom. The van der Waals surface area contributed by atoms with Crippen molar-refractivity contribution in [1.29, 1.82) is 0 Å². The summed E-state index contributed by atoms with van der Waals surface area (Å²) >= 11 is 7.29. The molecule has 0 saturated heterocycles. The molecule has 0 bridgehead atoms. The molecule has 1 amide bonds. The molecule has 0 saturated carbocycles. The van der Waals surface area contributed by atoms with Crippen molar-refractivity contribution >= 4 is 29.3 Å². The second-order valence-electron chi connectivity index (χ2n) is 5.27. The average molecular weight is 378 g/mol. The first-order valence-corrected chi connectivity index (χ1v) is 9.04. The van der Waals surface area contributed by atoms with E-state index in [1.54, 1.807) is 24.5 Å². The van der Waals surface area contributed by atoms with Gasteiger partial charge in [0.15, 0.2) is 0 Å². The molecule has 0 aliphatic carbocycles. The second-order valence-corrected chi connectivity index (χ2v) is 7.03. The number of nitrogens with one attached hydrogen (secondary N) is 1. The Labute approximate surface area is 153 Å². The highest BCUT2D eigenvalue weighted by atomic mass is 35.5. The van der Waals surface area contributed by atoms with E-state index < -0.39 is 0 Å². The molecule has 1 unspecified atom stereocenters. The number of aromatic nitrogens is 2. The number of rotatable bonds is 7. The number of furan rings is 1. The molecular weight excluding hydrogens is 362 g/mol. The highest BCUT2D eigenvalue weighted by Gasteiger charge is 2.16. The lowest BCUT2D eigenvalue weighted by Crippen LogP contribution is -2.30. The molecule has 2 aromatic heterocycles. The maximum Gasteiger partial charge on any atom is 0.236 e. The maximum atomic E-state index is 12.1. The fourth-order valence-corrected chi connectivity index (χ4v) is 2.90. The van der Waals surface area contributed by atoms with Crippen LogP contribution in [0.1, 0.15) is 18.6 Å². The summed E-state index contributed by atoms with van der Waals surface area (Å²) in [5.74, 6) is 2.08. The van der Waals surface area contributed by atoms with E-state index in [1.807, 2.05) is 25.1 Å². The molecular formula is C17H16ClN3O3S. The summed E-state index contributed by atoms with van der Waals surface area (Å²) < 4.78 is 10.4. The van der Waals surface area contributed by atoms with Crippen molar-refractivity contribution in [3.8, 4) is 11.4 Å². The highest BCUT2D eigenvalue weighted by Crippen LogP contribution is 2.21. The third-order valence-electron chi connectivity index (χ3n) is 3.41. The van der Waals surface area contributed by atoms with Crippen LogP contribution in [0.4, 0.5) is 0 Å². The van der Waals surface area contributed by atoms with Gasteiger partial charge in [-0.15, -0.1) is 11.8 Å². The second kappa shape index (κ2) is 8.22. The summed E-state index contributed by atoms with van der Waals surface area (Å²) in [7, 11) is 0. The lowest BCUT2D eigenvalue weighted by molar-refractivity contribution is -0.120. The van der Waals surface area contributed by atoms with Crippen LogP contribution in [0.2, 0.25) is 5.02 Å². The van der Waals surface area contributed by atoms with Crippen molar-refractivity contribution in [2.24, 2.45) is 0 Å². The Hall–Kier alpha value is -2.25. The van der Waals surface area contributed by atoms with Crippen LogP contribution >= 0.6 is 23.4 Å². The minimum absolute atomic E-state index is 0.0705. The fourth-order valence-electron chi connectivity index (χ4n) is 2.03. The molecule has 6 nitrogen and oxygen atoms in total. The van der Waals surface area contributed by atoms with Crippen LogP contribution in [0.25, 0.3) is 11.4 Å². The Bertz CT molecular complexity index is 818.